The van der Waals surface area contributed by atoms with Crippen molar-refractivity contribution in [2.75, 3.05) is 0 Å². The number of carboxylic acids is 2. The summed E-state index contributed by atoms with van der Waals surface area (Å²) in [7, 11) is 0. The Kier molecular flexibility index (Phi) is 3.52. The Morgan fingerprint density at radius 1 is 1.05 bits per heavy atom. The summed E-state index contributed by atoms with van der Waals surface area (Å²) in [6.07, 6.45) is 0. The molecule has 5 heteroatoms. The van der Waals surface area contributed by atoms with Gasteiger partial charge in [-0.15, -0.1) is 0 Å². The van der Waals surface area contributed by atoms with E-state index in [1.165, 1.54) is 12.1 Å². The molecule has 0 atom stereocenters. The molecule has 0 fully saturated rings. The molecule has 2 rings (SSSR count). The van der Waals surface area contributed by atoms with E-state index in [0.29, 0.717) is 11.1 Å². The highest BCUT2D eigenvalue weighted by Gasteiger charge is 2.16. The van der Waals surface area contributed by atoms with Crippen LogP contribution in [-0.4, -0.2) is 22.2 Å². The van der Waals surface area contributed by atoms with Gasteiger partial charge in [0.25, 0.3) is 0 Å². The van der Waals surface area contributed by atoms with Crippen LogP contribution in [0.25, 0.3) is 11.1 Å². The van der Waals surface area contributed by atoms with Gasteiger partial charge in [0, 0.05) is 0 Å². The second-order valence-corrected chi connectivity index (χ2v) is 4.34. The Morgan fingerprint density at radius 2 is 1.75 bits per heavy atom. The molecule has 0 spiro atoms. The summed E-state index contributed by atoms with van der Waals surface area (Å²) in [6.45, 7) is 1.63. The lowest BCUT2D eigenvalue weighted by molar-refractivity contribution is 0.0686. The molecule has 0 unspecified atom stereocenters. The monoisotopic (exact) mass is 274 g/mol. The molecule has 0 saturated heterocycles. The molecule has 2 N–H and O–H groups in total. The third-order valence-electron chi connectivity index (χ3n) is 2.94. The summed E-state index contributed by atoms with van der Waals surface area (Å²) >= 11 is 0. The van der Waals surface area contributed by atoms with Gasteiger partial charge in [-0.1, -0.05) is 18.2 Å². The second-order valence-electron chi connectivity index (χ2n) is 4.34. The Bertz CT molecular complexity index is 707. The predicted molar refractivity (Wildman–Crippen MR) is 70.5 cm³/mol. The molecule has 0 aromatic heterocycles. The lowest BCUT2D eigenvalue weighted by Crippen LogP contribution is -2.04. The second kappa shape index (κ2) is 5.13. The zero-order valence-corrected chi connectivity index (χ0v) is 10.6. The van der Waals surface area contributed by atoms with E-state index in [2.05, 4.69) is 0 Å². The van der Waals surface area contributed by atoms with Crippen molar-refractivity contribution in [3.05, 3.63) is 58.9 Å². The number of carbonyl (C=O) groups is 2. The van der Waals surface area contributed by atoms with Crippen LogP contribution in [-0.2, 0) is 0 Å². The Hall–Kier alpha value is -2.69. The van der Waals surface area contributed by atoms with E-state index in [9.17, 15) is 19.1 Å². The summed E-state index contributed by atoms with van der Waals surface area (Å²) in [6, 6.07) is 8.06. The largest absolute Gasteiger partial charge is 0.478 e. The van der Waals surface area contributed by atoms with Gasteiger partial charge in [-0.05, 0) is 41.8 Å². The number of aromatic carboxylic acids is 2. The normalized spacial score (nSPS) is 10.3. The minimum Gasteiger partial charge on any atom is -0.478 e. The molecular formula is C15H11FO4. The summed E-state index contributed by atoms with van der Waals surface area (Å²) in [5, 5.41) is 18.2. The van der Waals surface area contributed by atoms with Gasteiger partial charge < -0.3 is 10.2 Å². The van der Waals surface area contributed by atoms with Crippen LogP contribution in [0.2, 0.25) is 0 Å². The van der Waals surface area contributed by atoms with Crippen molar-refractivity contribution in [3.8, 4) is 11.1 Å². The third kappa shape index (κ3) is 2.51. The van der Waals surface area contributed by atoms with Crippen LogP contribution >= 0.6 is 0 Å². The molecule has 0 aliphatic carbocycles. The molecule has 2 aromatic rings. The predicted octanol–water partition coefficient (Wildman–Crippen LogP) is 3.20. The number of hydrogen-bond donors (Lipinski definition) is 2. The van der Waals surface area contributed by atoms with E-state index >= 15 is 0 Å². The van der Waals surface area contributed by atoms with Gasteiger partial charge in [-0.2, -0.15) is 0 Å². The SMILES string of the molecule is Cc1cccc(-c2cc(F)cc(C(=O)O)c2)c1C(=O)O. The highest BCUT2D eigenvalue weighted by Crippen LogP contribution is 2.28. The van der Waals surface area contributed by atoms with E-state index in [-0.39, 0.29) is 16.7 Å². The van der Waals surface area contributed by atoms with E-state index in [1.807, 2.05) is 0 Å². The summed E-state index contributed by atoms with van der Waals surface area (Å²) in [5.74, 6) is -3.13. The number of rotatable bonds is 3. The van der Waals surface area contributed by atoms with Crippen LogP contribution in [0, 0.1) is 12.7 Å². The molecule has 20 heavy (non-hydrogen) atoms. The summed E-state index contributed by atoms with van der Waals surface area (Å²) in [5.41, 5.74) is 0.853. The first-order valence-corrected chi connectivity index (χ1v) is 5.77. The van der Waals surface area contributed by atoms with E-state index < -0.39 is 17.8 Å². The lowest BCUT2D eigenvalue weighted by Gasteiger charge is -2.10. The maximum Gasteiger partial charge on any atom is 0.336 e. The minimum absolute atomic E-state index is 0.0365. The first kappa shape index (κ1) is 13.7. The topological polar surface area (TPSA) is 74.6 Å². The van der Waals surface area contributed by atoms with Gasteiger partial charge in [0.2, 0.25) is 0 Å². The molecule has 0 amide bonds. The van der Waals surface area contributed by atoms with Crippen LogP contribution in [0.15, 0.2) is 36.4 Å². The lowest BCUT2D eigenvalue weighted by atomic mass is 9.95. The fraction of sp³-hybridized carbons (Fsp3) is 0.0667. The maximum atomic E-state index is 13.5. The molecule has 0 bridgehead atoms. The molecular weight excluding hydrogens is 263 g/mol. The van der Waals surface area contributed by atoms with Gasteiger partial charge in [-0.3, -0.25) is 0 Å². The fourth-order valence-corrected chi connectivity index (χ4v) is 2.06. The van der Waals surface area contributed by atoms with Crippen LogP contribution < -0.4 is 0 Å². The van der Waals surface area contributed by atoms with Crippen LogP contribution in [0.1, 0.15) is 26.3 Å². The average Bonchev–Trinajstić information content (AvgIpc) is 2.37. The third-order valence-corrected chi connectivity index (χ3v) is 2.94. The van der Waals surface area contributed by atoms with Gasteiger partial charge in [-0.25, -0.2) is 14.0 Å². The molecule has 0 aliphatic rings. The highest BCUT2D eigenvalue weighted by atomic mass is 19.1. The molecule has 102 valence electrons. The van der Waals surface area contributed by atoms with Gasteiger partial charge in [0.1, 0.15) is 5.82 Å². The summed E-state index contributed by atoms with van der Waals surface area (Å²) in [4.78, 5) is 22.2. The number of carboxylic acid groups (broad SMARTS) is 2. The van der Waals surface area contributed by atoms with Crippen molar-refractivity contribution in [2.45, 2.75) is 6.92 Å². The Labute approximate surface area is 114 Å². The summed E-state index contributed by atoms with van der Waals surface area (Å²) < 4.78 is 13.5. The molecule has 0 heterocycles. The Balaban J connectivity index is 2.72. The molecule has 0 radical (unpaired) electrons. The zero-order valence-electron chi connectivity index (χ0n) is 10.6. The molecule has 0 saturated carbocycles. The van der Waals surface area contributed by atoms with Crippen molar-refractivity contribution >= 4 is 11.9 Å². The van der Waals surface area contributed by atoms with E-state index in [0.717, 1.165) is 12.1 Å². The van der Waals surface area contributed by atoms with Gasteiger partial charge in [0.05, 0.1) is 11.1 Å². The van der Waals surface area contributed by atoms with E-state index in [1.54, 1.807) is 19.1 Å². The quantitative estimate of drug-likeness (QED) is 0.901. The van der Waals surface area contributed by atoms with E-state index in [4.69, 9.17) is 5.11 Å². The smallest absolute Gasteiger partial charge is 0.336 e. The molecule has 2 aromatic carbocycles. The van der Waals surface area contributed by atoms with Crippen LogP contribution in [0.3, 0.4) is 0 Å². The van der Waals surface area contributed by atoms with Gasteiger partial charge in [0.15, 0.2) is 0 Å². The van der Waals surface area contributed by atoms with Crippen molar-refractivity contribution in [2.24, 2.45) is 0 Å². The van der Waals surface area contributed by atoms with Crippen LogP contribution in [0.4, 0.5) is 4.39 Å². The van der Waals surface area contributed by atoms with Crippen molar-refractivity contribution in [3.63, 3.8) is 0 Å². The number of benzene rings is 2. The Morgan fingerprint density at radius 3 is 2.35 bits per heavy atom. The minimum atomic E-state index is -1.27. The molecule has 0 aliphatic heterocycles. The van der Waals surface area contributed by atoms with Crippen molar-refractivity contribution < 1.29 is 24.2 Å². The average molecular weight is 274 g/mol. The first-order chi connectivity index (χ1) is 9.40. The van der Waals surface area contributed by atoms with Crippen molar-refractivity contribution in [1.82, 2.24) is 0 Å². The standard InChI is InChI=1S/C15H11FO4/c1-8-3-2-4-12(13(8)15(19)20)9-5-10(14(17)18)7-11(16)6-9/h2-7H,1H3,(H,17,18)(H,19,20). The first-order valence-electron chi connectivity index (χ1n) is 5.77. The van der Waals surface area contributed by atoms with Crippen LogP contribution in [0.5, 0.6) is 0 Å². The van der Waals surface area contributed by atoms with Gasteiger partial charge >= 0.3 is 11.9 Å². The van der Waals surface area contributed by atoms with Crippen molar-refractivity contribution in [1.29, 1.82) is 0 Å². The number of hydrogen-bond acceptors (Lipinski definition) is 2. The molecule has 4 nitrogen and oxygen atoms in total. The number of halogens is 1. The highest BCUT2D eigenvalue weighted by molar-refractivity contribution is 5.98. The zero-order chi connectivity index (χ0) is 14.9. The fourth-order valence-electron chi connectivity index (χ4n) is 2.06. The number of aryl methyl sites for hydroxylation is 1. The maximum absolute atomic E-state index is 13.5.